The molecule has 8 nitrogen and oxygen atoms in total. The number of nitrogens with zero attached hydrogens (tertiary/aromatic N) is 1. The van der Waals surface area contributed by atoms with Gasteiger partial charge in [-0.25, -0.2) is 4.79 Å². The number of carboxylic acid groups (broad SMARTS) is 1. The molecule has 2 aromatic carbocycles. The summed E-state index contributed by atoms with van der Waals surface area (Å²) in [4.78, 5) is 37.8. The molecule has 2 unspecified atom stereocenters. The number of aliphatic carboxylic acids is 1. The molecule has 1 aliphatic rings. The van der Waals surface area contributed by atoms with E-state index >= 15 is 0 Å². The number of fused-ring (bicyclic) bond motifs is 3. The molecule has 0 spiro atoms. The number of amides is 2. The highest BCUT2D eigenvalue weighted by Crippen LogP contribution is 2.44. The first kappa shape index (κ1) is 23.3. The van der Waals surface area contributed by atoms with Gasteiger partial charge >= 0.3 is 12.1 Å². The van der Waals surface area contributed by atoms with E-state index in [0.717, 1.165) is 22.3 Å². The maximum absolute atomic E-state index is 12.7. The molecule has 3 rings (SSSR count). The average Bonchev–Trinajstić information content (AvgIpc) is 3.08. The molecule has 32 heavy (non-hydrogen) atoms. The van der Waals surface area contributed by atoms with Crippen LogP contribution in [0.25, 0.3) is 11.1 Å². The van der Waals surface area contributed by atoms with Gasteiger partial charge in [-0.05, 0) is 36.1 Å². The molecule has 8 heteroatoms. The predicted molar refractivity (Wildman–Crippen MR) is 118 cm³/mol. The van der Waals surface area contributed by atoms with E-state index < -0.39 is 36.5 Å². The second-order valence-electron chi connectivity index (χ2n) is 7.85. The summed E-state index contributed by atoms with van der Waals surface area (Å²) in [5.74, 6) is -1.95. The Morgan fingerprint density at radius 1 is 1.06 bits per heavy atom. The van der Waals surface area contributed by atoms with Gasteiger partial charge in [0.15, 0.2) is 0 Å². The largest absolute Gasteiger partial charge is 0.481 e. The lowest BCUT2D eigenvalue weighted by Crippen LogP contribution is -2.51. The number of carbonyl (C=O) groups is 3. The van der Waals surface area contributed by atoms with E-state index in [1.165, 1.54) is 11.8 Å². The quantitative estimate of drug-likeness (QED) is 0.552. The highest BCUT2D eigenvalue weighted by molar-refractivity contribution is 5.89. The third kappa shape index (κ3) is 5.26. The Morgan fingerprint density at radius 2 is 1.62 bits per heavy atom. The molecule has 0 radical (unpaired) electrons. The molecule has 0 heterocycles. The van der Waals surface area contributed by atoms with Gasteiger partial charge in [-0.15, -0.1) is 0 Å². The van der Waals surface area contributed by atoms with Gasteiger partial charge in [0.2, 0.25) is 5.91 Å². The number of alkyl carbamates (subject to hydrolysis) is 1. The highest BCUT2D eigenvalue weighted by Gasteiger charge is 2.31. The molecular formula is C24H28N2O6. The Labute approximate surface area is 186 Å². The maximum atomic E-state index is 12.7. The number of likely N-dealkylation sites (N-methyl/N-ethyl adjacent to an activating group) is 1. The van der Waals surface area contributed by atoms with Crippen molar-refractivity contribution in [2.75, 3.05) is 19.7 Å². The molecule has 0 bridgehead atoms. The van der Waals surface area contributed by atoms with Crippen LogP contribution >= 0.6 is 0 Å². The Balaban J connectivity index is 1.69. The standard InChI is InChI=1S/C24H28N2O6/c1-3-26(13-15(2)27)23(30)21(12-22(28)29)25-24(31)32-14-20-18-10-6-4-8-16(18)17-9-5-7-11-19(17)20/h4-11,15,20-21,27H,3,12-14H2,1-2H3,(H,25,31)(H,28,29). The Morgan fingerprint density at radius 3 is 2.12 bits per heavy atom. The number of aliphatic hydroxyl groups is 1. The fourth-order valence-electron chi connectivity index (χ4n) is 4.07. The van der Waals surface area contributed by atoms with Crippen LogP contribution in [-0.4, -0.2) is 64.9 Å². The fraction of sp³-hybridized carbons (Fsp3) is 0.375. The van der Waals surface area contributed by atoms with Gasteiger partial charge < -0.3 is 25.2 Å². The Hall–Kier alpha value is -3.39. The topological polar surface area (TPSA) is 116 Å². The summed E-state index contributed by atoms with van der Waals surface area (Å²) in [7, 11) is 0. The lowest BCUT2D eigenvalue weighted by Gasteiger charge is -2.27. The summed E-state index contributed by atoms with van der Waals surface area (Å²) in [5, 5.41) is 21.2. The second kappa shape index (κ2) is 10.3. The molecule has 170 valence electrons. The monoisotopic (exact) mass is 440 g/mol. The van der Waals surface area contributed by atoms with Gasteiger partial charge in [-0.3, -0.25) is 9.59 Å². The number of benzene rings is 2. The minimum absolute atomic E-state index is 0.0395. The number of aliphatic hydroxyl groups excluding tert-OH is 1. The lowest BCUT2D eigenvalue weighted by atomic mass is 9.98. The van der Waals surface area contributed by atoms with Crippen molar-refractivity contribution in [1.29, 1.82) is 0 Å². The van der Waals surface area contributed by atoms with Gasteiger partial charge in [0.1, 0.15) is 12.6 Å². The lowest BCUT2D eigenvalue weighted by molar-refractivity contribution is -0.143. The van der Waals surface area contributed by atoms with Crippen molar-refractivity contribution in [2.45, 2.75) is 38.3 Å². The molecule has 0 saturated heterocycles. The molecule has 0 aliphatic heterocycles. The smallest absolute Gasteiger partial charge is 0.407 e. The molecule has 2 amide bonds. The number of nitrogens with one attached hydrogen (secondary N) is 1. The molecule has 2 aromatic rings. The van der Waals surface area contributed by atoms with E-state index in [2.05, 4.69) is 5.32 Å². The van der Waals surface area contributed by atoms with Crippen LogP contribution in [0.2, 0.25) is 0 Å². The zero-order valence-electron chi connectivity index (χ0n) is 18.2. The minimum Gasteiger partial charge on any atom is -0.481 e. The summed E-state index contributed by atoms with van der Waals surface area (Å²) in [6, 6.07) is 14.5. The van der Waals surface area contributed by atoms with Crippen LogP contribution in [0, 0.1) is 0 Å². The number of carboxylic acids is 1. The van der Waals surface area contributed by atoms with E-state index in [1.807, 2.05) is 48.5 Å². The normalized spacial score (nSPS) is 14.1. The van der Waals surface area contributed by atoms with Crippen molar-refractivity contribution < 1.29 is 29.3 Å². The van der Waals surface area contributed by atoms with Gasteiger partial charge in [0.25, 0.3) is 0 Å². The average molecular weight is 440 g/mol. The van der Waals surface area contributed by atoms with Crippen LogP contribution in [0.1, 0.15) is 37.3 Å². The summed E-state index contributed by atoms with van der Waals surface area (Å²) < 4.78 is 5.43. The molecule has 2 atom stereocenters. The summed E-state index contributed by atoms with van der Waals surface area (Å²) >= 11 is 0. The molecular weight excluding hydrogens is 412 g/mol. The third-order valence-corrected chi connectivity index (χ3v) is 5.49. The Bertz CT molecular complexity index is 944. The summed E-state index contributed by atoms with van der Waals surface area (Å²) in [5.41, 5.74) is 4.28. The Kier molecular flexibility index (Phi) is 7.48. The van der Waals surface area contributed by atoms with Crippen LogP contribution in [0.3, 0.4) is 0 Å². The molecule has 3 N–H and O–H groups in total. The number of hydrogen-bond donors (Lipinski definition) is 3. The highest BCUT2D eigenvalue weighted by atomic mass is 16.5. The SMILES string of the molecule is CCN(CC(C)O)C(=O)C(CC(=O)O)NC(=O)OCC1c2ccccc2-c2ccccc21. The molecule has 0 saturated carbocycles. The van der Waals surface area contributed by atoms with Gasteiger partial charge in [-0.2, -0.15) is 0 Å². The van der Waals surface area contributed by atoms with Crippen molar-refractivity contribution >= 4 is 18.0 Å². The summed E-state index contributed by atoms with van der Waals surface area (Å²) in [6.07, 6.45) is -2.22. The molecule has 0 fully saturated rings. The van der Waals surface area contributed by atoms with Crippen molar-refractivity contribution in [3.8, 4) is 11.1 Å². The zero-order valence-corrected chi connectivity index (χ0v) is 18.2. The molecule has 0 aromatic heterocycles. The van der Waals surface area contributed by atoms with Crippen molar-refractivity contribution in [3.05, 3.63) is 59.7 Å². The number of carbonyl (C=O) groups excluding carboxylic acids is 2. The first-order valence-corrected chi connectivity index (χ1v) is 10.6. The van der Waals surface area contributed by atoms with Crippen LogP contribution < -0.4 is 5.32 Å². The molecule has 1 aliphatic carbocycles. The number of ether oxygens (including phenoxy) is 1. The van der Waals surface area contributed by atoms with E-state index in [1.54, 1.807) is 6.92 Å². The fourth-order valence-corrected chi connectivity index (χ4v) is 4.07. The van der Waals surface area contributed by atoms with Gasteiger partial charge in [-0.1, -0.05) is 48.5 Å². The van der Waals surface area contributed by atoms with Crippen molar-refractivity contribution in [1.82, 2.24) is 10.2 Å². The van der Waals surface area contributed by atoms with Crippen LogP contribution in [0.5, 0.6) is 0 Å². The van der Waals surface area contributed by atoms with E-state index in [9.17, 15) is 24.6 Å². The zero-order chi connectivity index (χ0) is 23.3. The van der Waals surface area contributed by atoms with Gasteiger partial charge in [0.05, 0.1) is 12.5 Å². The van der Waals surface area contributed by atoms with Crippen LogP contribution in [0.15, 0.2) is 48.5 Å². The van der Waals surface area contributed by atoms with Crippen LogP contribution in [0.4, 0.5) is 4.79 Å². The van der Waals surface area contributed by atoms with E-state index in [0.29, 0.717) is 0 Å². The third-order valence-electron chi connectivity index (χ3n) is 5.49. The minimum atomic E-state index is -1.29. The second-order valence-corrected chi connectivity index (χ2v) is 7.85. The van der Waals surface area contributed by atoms with Crippen molar-refractivity contribution in [2.24, 2.45) is 0 Å². The number of hydrogen-bond acceptors (Lipinski definition) is 5. The van der Waals surface area contributed by atoms with Crippen molar-refractivity contribution in [3.63, 3.8) is 0 Å². The first-order valence-electron chi connectivity index (χ1n) is 10.6. The van der Waals surface area contributed by atoms with E-state index in [4.69, 9.17) is 4.74 Å². The van der Waals surface area contributed by atoms with Crippen LogP contribution in [-0.2, 0) is 14.3 Å². The summed E-state index contributed by atoms with van der Waals surface area (Å²) in [6.45, 7) is 3.61. The van der Waals surface area contributed by atoms with Gasteiger partial charge in [0, 0.05) is 19.0 Å². The first-order chi connectivity index (χ1) is 15.3. The van der Waals surface area contributed by atoms with E-state index in [-0.39, 0.29) is 25.6 Å². The number of rotatable bonds is 9. The maximum Gasteiger partial charge on any atom is 0.407 e. The predicted octanol–water partition coefficient (Wildman–Crippen LogP) is 2.60.